The summed E-state index contributed by atoms with van der Waals surface area (Å²) in [5, 5.41) is 8.58. The molecule has 152 valence electrons. The van der Waals surface area contributed by atoms with E-state index in [1.54, 1.807) is 36.4 Å². The molecule has 1 heterocycles. The third-order valence-electron chi connectivity index (χ3n) is 4.31. The number of benzene rings is 3. The maximum atomic E-state index is 13.2. The van der Waals surface area contributed by atoms with Crippen LogP contribution in [0.25, 0.3) is 11.5 Å². The molecule has 30 heavy (non-hydrogen) atoms. The zero-order chi connectivity index (χ0) is 21.1. The van der Waals surface area contributed by atoms with Crippen molar-refractivity contribution < 1.29 is 17.2 Å². The van der Waals surface area contributed by atoms with Crippen molar-refractivity contribution in [3.8, 4) is 11.5 Å². The van der Waals surface area contributed by atoms with E-state index in [-0.39, 0.29) is 16.7 Å². The Morgan fingerprint density at radius 1 is 0.900 bits per heavy atom. The van der Waals surface area contributed by atoms with E-state index in [4.69, 9.17) is 16.0 Å². The van der Waals surface area contributed by atoms with Crippen molar-refractivity contribution in [2.24, 2.45) is 0 Å². The van der Waals surface area contributed by atoms with Crippen LogP contribution in [0.4, 0.5) is 4.39 Å². The van der Waals surface area contributed by atoms with E-state index < -0.39 is 21.9 Å². The second-order valence-corrected chi connectivity index (χ2v) is 8.52. The number of nitrogens with one attached hydrogen (secondary N) is 1. The van der Waals surface area contributed by atoms with Gasteiger partial charge in [0.2, 0.25) is 21.8 Å². The molecule has 0 aliphatic rings. The van der Waals surface area contributed by atoms with Gasteiger partial charge in [0.05, 0.1) is 4.90 Å². The van der Waals surface area contributed by atoms with Crippen molar-refractivity contribution in [3.05, 3.63) is 101 Å². The Balaban J connectivity index is 1.73. The van der Waals surface area contributed by atoms with Gasteiger partial charge in [0.1, 0.15) is 11.9 Å². The van der Waals surface area contributed by atoms with E-state index in [1.807, 2.05) is 18.2 Å². The summed E-state index contributed by atoms with van der Waals surface area (Å²) in [6, 6.07) is 19.2. The second-order valence-electron chi connectivity index (χ2n) is 6.37. The van der Waals surface area contributed by atoms with E-state index in [9.17, 15) is 12.8 Å². The fourth-order valence-corrected chi connectivity index (χ4v) is 4.11. The molecule has 0 fully saturated rings. The molecule has 0 unspecified atom stereocenters. The Hall–Kier alpha value is -3.07. The van der Waals surface area contributed by atoms with Crippen LogP contribution in [0.2, 0.25) is 5.02 Å². The zero-order valence-electron chi connectivity index (χ0n) is 15.4. The summed E-state index contributed by atoms with van der Waals surface area (Å²) in [4.78, 5) is -0.0920. The summed E-state index contributed by atoms with van der Waals surface area (Å²) >= 11 is 5.96. The van der Waals surface area contributed by atoms with Crippen LogP contribution < -0.4 is 4.72 Å². The summed E-state index contributed by atoms with van der Waals surface area (Å²) in [6.07, 6.45) is 0. The predicted molar refractivity (Wildman–Crippen MR) is 110 cm³/mol. The minimum absolute atomic E-state index is 0.0573. The minimum atomic E-state index is -4.02. The molecule has 3 aromatic carbocycles. The van der Waals surface area contributed by atoms with Crippen LogP contribution in [0.1, 0.15) is 17.5 Å². The highest BCUT2D eigenvalue weighted by Crippen LogP contribution is 2.27. The van der Waals surface area contributed by atoms with Gasteiger partial charge in [-0.1, -0.05) is 41.9 Å². The predicted octanol–water partition coefficient (Wildman–Crippen LogP) is 4.60. The fourth-order valence-electron chi connectivity index (χ4n) is 2.80. The molecule has 6 nitrogen and oxygen atoms in total. The van der Waals surface area contributed by atoms with Crippen LogP contribution in [0.5, 0.6) is 0 Å². The number of rotatable bonds is 6. The lowest BCUT2D eigenvalue weighted by Crippen LogP contribution is -2.29. The van der Waals surface area contributed by atoms with Crippen LogP contribution in [-0.2, 0) is 10.0 Å². The van der Waals surface area contributed by atoms with Crippen LogP contribution in [0, 0.1) is 5.82 Å². The Morgan fingerprint density at radius 2 is 1.57 bits per heavy atom. The molecule has 4 rings (SSSR count). The number of aromatic nitrogens is 2. The Labute approximate surface area is 177 Å². The summed E-state index contributed by atoms with van der Waals surface area (Å²) in [5.41, 5.74) is 1.25. The molecule has 0 saturated carbocycles. The first-order valence-corrected chi connectivity index (χ1v) is 10.7. The summed E-state index contributed by atoms with van der Waals surface area (Å²) in [6.45, 7) is 0. The maximum absolute atomic E-state index is 13.2. The van der Waals surface area contributed by atoms with Gasteiger partial charge >= 0.3 is 0 Å². The molecule has 0 aliphatic carbocycles. The SMILES string of the molecule is O=S(=O)(N[C@H](c1ccc(Cl)cc1)c1nnc(-c2ccccc2)o1)c1ccc(F)cc1. The van der Waals surface area contributed by atoms with Gasteiger partial charge in [0, 0.05) is 10.6 Å². The van der Waals surface area contributed by atoms with E-state index in [0.717, 1.165) is 12.1 Å². The molecular weight excluding hydrogens is 429 g/mol. The number of hydrogen-bond donors (Lipinski definition) is 1. The van der Waals surface area contributed by atoms with E-state index in [2.05, 4.69) is 14.9 Å². The van der Waals surface area contributed by atoms with Gasteiger partial charge < -0.3 is 4.42 Å². The molecule has 0 bridgehead atoms. The van der Waals surface area contributed by atoms with Crippen LogP contribution >= 0.6 is 11.6 Å². The van der Waals surface area contributed by atoms with Crippen molar-refractivity contribution in [1.82, 2.24) is 14.9 Å². The number of hydrogen-bond acceptors (Lipinski definition) is 5. The molecule has 0 radical (unpaired) electrons. The normalized spacial score (nSPS) is 12.6. The van der Waals surface area contributed by atoms with Gasteiger partial charge in [-0.05, 0) is 54.1 Å². The Bertz CT molecular complexity index is 1240. The van der Waals surface area contributed by atoms with Crippen molar-refractivity contribution in [1.29, 1.82) is 0 Å². The Morgan fingerprint density at radius 3 is 2.23 bits per heavy atom. The molecule has 4 aromatic rings. The van der Waals surface area contributed by atoms with Crippen molar-refractivity contribution in [2.75, 3.05) is 0 Å². The average Bonchev–Trinajstić information content (AvgIpc) is 3.24. The number of nitrogens with zero attached hydrogens (tertiary/aromatic N) is 2. The minimum Gasteiger partial charge on any atom is -0.419 e. The van der Waals surface area contributed by atoms with Gasteiger partial charge in [0.15, 0.2) is 0 Å². The van der Waals surface area contributed by atoms with Crippen LogP contribution in [0.3, 0.4) is 0 Å². The standard InChI is InChI=1S/C21H15ClFN3O3S/c22-16-8-6-14(7-9-16)19(26-30(27,28)18-12-10-17(23)11-13-18)21-25-24-20(29-21)15-4-2-1-3-5-15/h1-13,19,26H/t19-/m1/s1. The molecule has 0 spiro atoms. The third kappa shape index (κ3) is 4.40. The van der Waals surface area contributed by atoms with Crippen molar-refractivity contribution >= 4 is 21.6 Å². The number of halogens is 2. The van der Waals surface area contributed by atoms with Gasteiger partial charge in [0.25, 0.3) is 0 Å². The summed E-state index contributed by atoms with van der Waals surface area (Å²) in [5.74, 6) is -0.222. The monoisotopic (exact) mass is 443 g/mol. The maximum Gasteiger partial charge on any atom is 0.247 e. The molecule has 9 heteroatoms. The van der Waals surface area contributed by atoms with Gasteiger partial charge in [-0.25, -0.2) is 12.8 Å². The highest BCUT2D eigenvalue weighted by Gasteiger charge is 2.27. The van der Waals surface area contributed by atoms with E-state index in [1.165, 1.54) is 12.1 Å². The number of sulfonamides is 1. The first kappa shape index (κ1) is 20.2. The lowest BCUT2D eigenvalue weighted by molar-refractivity contribution is 0.464. The lowest BCUT2D eigenvalue weighted by atomic mass is 10.1. The second kappa shape index (κ2) is 8.35. The smallest absolute Gasteiger partial charge is 0.247 e. The fraction of sp³-hybridized carbons (Fsp3) is 0.0476. The summed E-state index contributed by atoms with van der Waals surface area (Å²) in [7, 11) is -4.02. The van der Waals surface area contributed by atoms with E-state index in [0.29, 0.717) is 16.1 Å². The van der Waals surface area contributed by atoms with E-state index >= 15 is 0 Å². The van der Waals surface area contributed by atoms with Gasteiger partial charge in [-0.3, -0.25) is 0 Å². The summed E-state index contributed by atoms with van der Waals surface area (Å²) < 4.78 is 47.3. The molecular formula is C21H15ClFN3O3S. The molecule has 1 atom stereocenters. The lowest BCUT2D eigenvalue weighted by Gasteiger charge is -2.16. The van der Waals surface area contributed by atoms with Crippen molar-refractivity contribution in [2.45, 2.75) is 10.9 Å². The first-order valence-electron chi connectivity index (χ1n) is 8.84. The van der Waals surface area contributed by atoms with Gasteiger partial charge in [-0.2, -0.15) is 4.72 Å². The molecule has 1 aromatic heterocycles. The van der Waals surface area contributed by atoms with Gasteiger partial charge in [-0.15, -0.1) is 10.2 Å². The van der Waals surface area contributed by atoms with Crippen LogP contribution in [-0.4, -0.2) is 18.6 Å². The molecule has 0 aliphatic heterocycles. The average molecular weight is 444 g/mol. The quantitative estimate of drug-likeness (QED) is 0.471. The van der Waals surface area contributed by atoms with Crippen LogP contribution in [0.15, 0.2) is 88.2 Å². The Kier molecular flexibility index (Phi) is 5.63. The molecule has 0 saturated heterocycles. The molecule has 0 amide bonds. The largest absolute Gasteiger partial charge is 0.419 e. The topological polar surface area (TPSA) is 85.1 Å². The van der Waals surface area contributed by atoms with Crippen molar-refractivity contribution in [3.63, 3.8) is 0 Å². The third-order valence-corrected chi connectivity index (χ3v) is 6.00. The first-order chi connectivity index (χ1) is 14.4. The zero-order valence-corrected chi connectivity index (χ0v) is 16.9. The highest BCUT2D eigenvalue weighted by molar-refractivity contribution is 7.89. The molecule has 1 N–H and O–H groups in total. The highest BCUT2D eigenvalue weighted by atomic mass is 35.5.